The van der Waals surface area contributed by atoms with E-state index in [1.165, 1.54) is 13.2 Å². The summed E-state index contributed by atoms with van der Waals surface area (Å²) in [6.07, 6.45) is 5.06. The molecule has 3 aromatic rings. The number of allylic oxidation sites excluding steroid dienone is 2. The average Bonchev–Trinajstić information content (AvgIpc) is 3.33. The monoisotopic (exact) mass is 510 g/mol. The van der Waals surface area contributed by atoms with Crippen LogP contribution in [-0.2, 0) is 10.0 Å². The van der Waals surface area contributed by atoms with E-state index in [4.69, 9.17) is 16.3 Å². The number of nitrogens with one attached hydrogen (secondary N) is 2. The van der Waals surface area contributed by atoms with Crippen molar-refractivity contribution in [2.24, 2.45) is 5.92 Å². The fourth-order valence-corrected chi connectivity index (χ4v) is 6.13. The van der Waals surface area contributed by atoms with E-state index in [0.717, 1.165) is 23.2 Å². The molecule has 0 radical (unpaired) electrons. The minimum Gasteiger partial charge on any atom is -0.495 e. The Balaban J connectivity index is 1.47. The quantitative estimate of drug-likeness (QED) is 0.369. The maximum atomic E-state index is 13.2. The van der Waals surface area contributed by atoms with E-state index in [-0.39, 0.29) is 34.0 Å². The first kappa shape index (κ1) is 23.3. The van der Waals surface area contributed by atoms with Gasteiger partial charge in [-0.3, -0.25) is 4.72 Å². The minimum atomic E-state index is -3.90. The van der Waals surface area contributed by atoms with E-state index in [9.17, 15) is 18.3 Å². The summed E-state index contributed by atoms with van der Waals surface area (Å²) in [5, 5.41) is 13.1. The van der Waals surface area contributed by atoms with Gasteiger partial charge >= 0.3 is 5.97 Å². The number of carbonyl (C=O) groups is 1. The number of halogens is 1. The number of sulfonamides is 1. The number of hydrogen-bond acceptors (Lipinski definition) is 5. The molecule has 0 bridgehead atoms. The number of hydrogen-bond donors (Lipinski definition) is 3. The van der Waals surface area contributed by atoms with E-state index < -0.39 is 16.0 Å². The Hall–Kier alpha value is -3.49. The van der Waals surface area contributed by atoms with Gasteiger partial charge in [-0.1, -0.05) is 35.9 Å². The van der Waals surface area contributed by atoms with E-state index in [1.807, 2.05) is 12.1 Å². The molecule has 1 heterocycles. The van der Waals surface area contributed by atoms with Gasteiger partial charge in [0.15, 0.2) is 0 Å². The SMILES string of the molecule is COc1ccc(Cl)cc1NS(=O)(=O)c1ccc2c(c1)[C@H]1C=CC[C@H]1[C@@H](c1ccc(C(=O)O)cc1)N2. The molecular weight excluding hydrogens is 488 g/mol. The molecule has 0 fully saturated rings. The largest absolute Gasteiger partial charge is 0.495 e. The molecule has 35 heavy (non-hydrogen) atoms. The molecule has 1 aliphatic heterocycles. The first-order valence-electron chi connectivity index (χ1n) is 11.0. The lowest BCUT2D eigenvalue weighted by Gasteiger charge is -2.37. The molecule has 2 aliphatic rings. The highest BCUT2D eigenvalue weighted by molar-refractivity contribution is 7.92. The first-order chi connectivity index (χ1) is 16.8. The number of ether oxygens (including phenoxy) is 1. The van der Waals surface area contributed by atoms with Crippen LogP contribution in [0.5, 0.6) is 5.75 Å². The van der Waals surface area contributed by atoms with Crippen LogP contribution in [-0.4, -0.2) is 26.6 Å². The summed E-state index contributed by atoms with van der Waals surface area (Å²) in [5.74, 6) is -0.381. The van der Waals surface area contributed by atoms with Gasteiger partial charge in [-0.25, -0.2) is 13.2 Å². The zero-order valence-electron chi connectivity index (χ0n) is 18.7. The Morgan fingerprint density at radius 1 is 1.11 bits per heavy atom. The van der Waals surface area contributed by atoms with Gasteiger partial charge in [0.05, 0.1) is 29.3 Å². The summed E-state index contributed by atoms with van der Waals surface area (Å²) < 4.78 is 34.3. The molecule has 0 amide bonds. The van der Waals surface area contributed by atoms with Crippen LogP contribution in [0.25, 0.3) is 0 Å². The molecule has 0 saturated carbocycles. The van der Waals surface area contributed by atoms with Crippen LogP contribution in [0.15, 0.2) is 77.7 Å². The van der Waals surface area contributed by atoms with Crippen LogP contribution in [0.1, 0.15) is 39.9 Å². The van der Waals surface area contributed by atoms with E-state index in [1.54, 1.807) is 42.5 Å². The van der Waals surface area contributed by atoms with Crippen molar-refractivity contribution in [2.75, 3.05) is 17.1 Å². The molecule has 180 valence electrons. The van der Waals surface area contributed by atoms with E-state index >= 15 is 0 Å². The zero-order valence-corrected chi connectivity index (χ0v) is 20.3. The van der Waals surface area contributed by atoms with Crippen molar-refractivity contribution in [3.63, 3.8) is 0 Å². The molecule has 0 unspecified atom stereocenters. The number of carboxylic acid groups (broad SMARTS) is 1. The van der Waals surface area contributed by atoms with E-state index in [2.05, 4.69) is 22.2 Å². The van der Waals surface area contributed by atoms with Crippen molar-refractivity contribution < 1.29 is 23.1 Å². The smallest absolute Gasteiger partial charge is 0.335 e. The summed E-state index contributed by atoms with van der Waals surface area (Å²) in [7, 11) is -2.44. The fourth-order valence-electron chi connectivity index (χ4n) is 4.87. The lowest BCUT2D eigenvalue weighted by molar-refractivity contribution is 0.0697. The molecule has 0 spiro atoms. The van der Waals surface area contributed by atoms with E-state index in [0.29, 0.717) is 10.8 Å². The van der Waals surface area contributed by atoms with Crippen LogP contribution in [0.3, 0.4) is 0 Å². The Morgan fingerprint density at radius 2 is 1.89 bits per heavy atom. The van der Waals surface area contributed by atoms with Gasteiger partial charge in [-0.05, 0) is 72.0 Å². The summed E-state index contributed by atoms with van der Waals surface area (Å²) in [6, 6.07) is 16.7. The van der Waals surface area contributed by atoms with Gasteiger partial charge in [-0.15, -0.1) is 0 Å². The van der Waals surface area contributed by atoms with Crippen LogP contribution in [0, 0.1) is 5.92 Å². The maximum Gasteiger partial charge on any atom is 0.335 e. The summed E-state index contributed by atoms with van der Waals surface area (Å²) in [5.41, 5.74) is 3.25. The second-order valence-corrected chi connectivity index (χ2v) is 10.7. The predicted molar refractivity (Wildman–Crippen MR) is 135 cm³/mol. The summed E-state index contributed by atoms with van der Waals surface area (Å²) >= 11 is 6.06. The van der Waals surface area contributed by atoms with Gasteiger partial charge in [0.25, 0.3) is 10.0 Å². The number of benzene rings is 3. The number of fused-ring (bicyclic) bond motifs is 3. The Morgan fingerprint density at radius 3 is 2.60 bits per heavy atom. The van der Waals surface area contributed by atoms with Gasteiger partial charge in [0.1, 0.15) is 5.75 Å². The first-order valence-corrected chi connectivity index (χ1v) is 12.9. The number of rotatable bonds is 6. The van der Waals surface area contributed by atoms with Crippen molar-refractivity contribution in [3.8, 4) is 5.75 Å². The Labute approximate surface area is 208 Å². The third-order valence-corrected chi connectivity index (χ3v) is 8.17. The lowest BCUT2D eigenvalue weighted by atomic mass is 9.77. The second kappa shape index (κ2) is 8.94. The molecule has 3 N–H and O–H groups in total. The van der Waals surface area contributed by atoms with Crippen LogP contribution in [0.4, 0.5) is 11.4 Å². The van der Waals surface area contributed by atoms with Crippen LogP contribution < -0.4 is 14.8 Å². The number of methoxy groups -OCH3 is 1. The highest BCUT2D eigenvalue weighted by Gasteiger charge is 2.38. The van der Waals surface area contributed by atoms with Gasteiger partial charge in [0.2, 0.25) is 0 Å². The molecule has 3 aromatic carbocycles. The normalized spacial score (nSPS) is 20.5. The zero-order chi connectivity index (χ0) is 24.7. The van der Waals surface area contributed by atoms with Crippen molar-refractivity contribution in [2.45, 2.75) is 23.3 Å². The molecule has 0 aromatic heterocycles. The average molecular weight is 511 g/mol. The van der Waals surface area contributed by atoms with Crippen LogP contribution >= 0.6 is 11.6 Å². The highest BCUT2D eigenvalue weighted by Crippen LogP contribution is 2.50. The number of aromatic carboxylic acids is 1. The van der Waals surface area contributed by atoms with Gasteiger partial charge in [-0.2, -0.15) is 0 Å². The van der Waals surface area contributed by atoms with Crippen molar-refractivity contribution in [3.05, 3.63) is 94.5 Å². The van der Waals surface area contributed by atoms with Crippen molar-refractivity contribution in [1.82, 2.24) is 0 Å². The van der Waals surface area contributed by atoms with Gasteiger partial charge < -0.3 is 15.2 Å². The molecule has 7 nitrogen and oxygen atoms in total. The summed E-state index contributed by atoms with van der Waals surface area (Å²) in [4.78, 5) is 11.4. The molecule has 1 aliphatic carbocycles. The molecule has 9 heteroatoms. The number of carboxylic acids is 1. The standard InChI is InChI=1S/C26H23ClN2O5S/c1-34-24-12-9-17(27)13-23(24)29-35(32,33)18-10-11-22-21(14-18)19-3-2-4-20(19)25(28-22)15-5-7-16(8-6-15)26(30)31/h2-3,5-14,19-20,25,28-29H,4H2,1H3,(H,30,31)/t19-,20+,25+/m0/s1. The molecule has 3 atom stereocenters. The lowest BCUT2D eigenvalue weighted by Crippen LogP contribution is -2.29. The Kier molecular flexibility index (Phi) is 5.94. The topological polar surface area (TPSA) is 105 Å². The number of anilines is 2. The van der Waals surface area contributed by atoms with Crippen LogP contribution in [0.2, 0.25) is 5.02 Å². The van der Waals surface area contributed by atoms with Crippen molar-refractivity contribution >= 4 is 39.0 Å². The maximum absolute atomic E-state index is 13.2. The third kappa shape index (κ3) is 4.35. The highest BCUT2D eigenvalue weighted by atomic mass is 35.5. The van der Waals surface area contributed by atoms with Gasteiger partial charge in [0, 0.05) is 16.6 Å². The fraction of sp³-hybridized carbons (Fsp3) is 0.192. The molecular formula is C26H23ClN2O5S. The molecule has 5 rings (SSSR count). The third-order valence-electron chi connectivity index (χ3n) is 6.57. The second-order valence-electron chi connectivity index (χ2n) is 8.60. The predicted octanol–water partition coefficient (Wildman–Crippen LogP) is 5.67. The van der Waals surface area contributed by atoms with Crippen molar-refractivity contribution in [1.29, 1.82) is 0 Å². The Bertz CT molecular complexity index is 1440. The minimum absolute atomic E-state index is 0.0263. The summed E-state index contributed by atoms with van der Waals surface area (Å²) in [6.45, 7) is 0. The molecule has 0 saturated heterocycles.